The number of nitrogens with zero attached hydrogens (tertiary/aromatic N) is 1. The molecule has 118 valence electrons. The van der Waals surface area contributed by atoms with Gasteiger partial charge in [-0.05, 0) is 42.3 Å². The van der Waals surface area contributed by atoms with Gasteiger partial charge < -0.3 is 10.1 Å². The maximum absolute atomic E-state index is 12.6. The first-order valence-corrected chi connectivity index (χ1v) is 7.97. The minimum Gasteiger partial charge on any atom is -0.497 e. The van der Waals surface area contributed by atoms with Gasteiger partial charge >= 0.3 is 0 Å². The number of rotatable bonds is 3. The van der Waals surface area contributed by atoms with Crippen molar-refractivity contribution >= 4 is 11.6 Å². The lowest BCUT2D eigenvalue weighted by Crippen LogP contribution is -2.37. The zero-order chi connectivity index (χ0) is 15.9. The summed E-state index contributed by atoms with van der Waals surface area (Å²) in [5, 5.41) is 3.05. The summed E-state index contributed by atoms with van der Waals surface area (Å²) in [5.41, 5.74) is 3.00. The predicted octanol–water partition coefficient (Wildman–Crippen LogP) is 2.79. The Kier molecular flexibility index (Phi) is 3.34. The molecule has 1 saturated heterocycles. The Morgan fingerprint density at radius 1 is 1.17 bits per heavy atom. The quantitative estimate of drug-likeness (QED) is 0.948. The van der Waals surface area contributed by atoms with E-state index in [0.717, 1.165) is 43.1 Å². The molecule has 1 amide bonds. The van der Waals surface area contributed by atoms with E-state index >= 15 is 0 Å². The van der Waals surface area contributed by atoms with Crippen LogP contribution < -0.4 is 10.1 Å². The highest BCUT2D eigenvalue weighted by Gasteiger charge is 2.50. The average molecular weight is 308 g/mol. The van der Waals surface area contributed by atoms with Crippen molar-refractivity contribution in [2.45, 2.75) is 18.4 Å². The fourth-order valence-corrected chi connectivity index (χ4v) is 3.79. The lowest BCUT2D eigenvalue weighted by atomic mass is 9.81. The van der Waals surface area contributed by atoms with Gasteiger partial charge in [-0.3, -0.25) is 9.69 Å². The highest BCUT2D eigenvalue weighted by atomic mass is 16.5. The van der Waals surface area contributed by atoms with Gasteiger partial charge in [-0.1, -0.05) is 30.3 Å². The molecule has 1 spiro atoms. The minimum atomic E-state index is -0.372. The number of carbonyl (C=O) groups excluding carboxylic acids is 1. The number of methoxy groups -OCH3 is 1. The van der Waals surface area contributed by atoms with Crippen molar-refractivity contribution in [2.24, 2.45) is 0 Å². The molecule has 4 nitrogen and oxygen atoms in total. The number of hydrogen-bond donors (Lipinski definition) is 1. The van der Waals surface area contributed by atoms with Crippen LogP contribution in [-0.2, 0) is 16.8 Å². The Labute approximate surface area is 136 Å². The third kappa shape index (κ3) is 2.30. The molecule has 2 heterocycles. The van der Waals surface area contributed by atoms with Crippen LogP contribution in [0.2, 0.25) is 0 Å². The number of benzene rings is 2. The molecule has 4 heteroatoms. The topological polar surface area (TPSA) is 41.6 Å². The zero-order valence-corrected chi connectivity index (χ0v) is 13.2. The summed E-state index contributed by atoms with van der Waals surface area (Å²) in [6.45, 7) is 2.58. The van der Waals surface area contributed by atoms with Crippen molar-refractivity contribution < 1.29 is 9.53 Å². The molecule has 0 aromatic heterocycles. The third-order valence-corrected chi connectivity index (χ3v) is 5.04. The molecular formula is C19H20N2O2. The smallest absolute Gasteiger partial charge is 0.236 e. The van der Waals surface area contributed by atoms with Crippen LogP contribution in [0.15, 0.2) is 48.5 Å². The first kappa shape index (κ1) is 14.3. The van der Waals surface area contributed by atoms with Crippen LogP contribution in [0.4, 0.5) is 5.69 Å². The predicted molar refractivity (Wildman–Crippen MR) is 89.6 cm³/mol. The van der Waals surface area contributed by atoms with Crippen molar-refractivity contribution in [3.63, 3.8) is 0 Å². The Hall–Kier alpha value is -2.33. The fraction of sp³-hybridized carbons (Fsp3) is 0.316. The zero-order valence-electron chi connectivity index (χ0n) is 13.2. The van der Waals surface area contributed by atoms with Gasteiger partial charge in [-0.2, -0.15) is 0 Å². The van der Waals surface area contributed by atoms with E-state index in [1.807, 2.05) is 30.3 Å². The molecule has 1 fully saturated rings. The number of nitrogens with one attached hydrogen (secondary N) is 1. The van der Waals surface area contributed by atoms with Crippen molar-refractivity contribution in [3.8, 4) is 5.75 Å². The Bertz CT molecular complexity index is 741. The summed E-state index contributed by atoms with van der Waals surface area (Å²) in [6.07, 6.45) is 0.881. The Balaban J connectivity index is 1.54. The van der Waals surface area contributed by atoms with E-state index in [1.54, 1.807) is 7.11 Å². The molecule has 0 bridgehead atoms. The molecule has 0 saturated carbocycles. The number of anilines is 1. The molecule has 2 aromatic rings. The third-order valence-electron chi connectivity index (χ3n) is 5.04. The Morgan fingerprint density at radius 2 is 1.96 bits per heavy atom. The number of carbonyl (C=O) groups is 1. The highest BCUT2D eigenvalue weighted by Crippen LogP contribution is 2.44. The van der Waals surface area contributed by atoms with E-state index in [-0.39, 0.29) is 11.3 Å². The van der Waals surface area contributed by atoms with Gasteiger partial charge in [0, 0.05) is 18.8 Å². The van der Waals surface area contributed by atoms with Crippen molar-refractivity contribution in [1.29, 1.82) is 0 Å². The highest BCUT2D eigenvalue weighted by molar-refractivity contribution is 6.06. The summed E-state index contributed by atoms with van der Waals surface area (Å²) in [4.78, 5) is 14.9. The maximum atomic E-state index is 12.6. The summed E-state index contributed by atoms with van der Waals surface area (Å²) in [5.74, 6) is 1.02. The molecule has 1 N–H and O–H groups in total. The maximum Gasteiger partial charge on any atom is 0.236 e. The van der Waals surface area contributed by atoms with E-state index < -0.39 is 0 Å². The fourth-order valence-electron chi connectivity index (χ4n) is 3.79. The Morgan fingerprint density at radius 3 is 2.74 bits per heavy atom. The second-order valence-electron chi connectivity index (χ2n) is 6.39. The van der Waals surface area contributed by atoms with Crippen molar-refractivity contribution in [3.05, 3.63) is 59.7 Å². The monoisotopic (exact) mass is 308 g/mol. The molecule has 0 aliphatic carbocycles. The van der Waals surface area contributed by atoms with Gasteiger partial charge in [-0.15, -0.1) is 0 Å². The molecule has 2 aliphatic rings. The van der Waals surface area contributed by atoms with Crippen molar-refractivity contribution in [1.82, 2.24) is 4.90 Å². The van der Waals surface area contributed by atoms with Crippen LogP contribution in [0.3, 0.4) is 0 Å². The number of fused-ring (bicyclic) bond motifs is 2. The first-order chi connectivity index (χ1) is 11.2. The molecular weight excluding hydrogens is 288 g/mol. The summed E-state index contributed by atoms with van der Waals surface area (Å²) < 4.78 is 5.20. The van der Waals surface area contributed by atoms with Crippen molar-refractivity contribution in [2.75, 3.05) is 25.5 Å². The van der Waals surface area contributed by atoms with Crippen LogP contribution in [0.5, 0.6) is 5.75 Å². The molecule has 4 rings (SSSR count). The van der Waals surface area contributed by atoms with Crippen LogP contribution in [0.1, 0.15) is 17.5 Å². The van der Waals surface area contributed by atoms with E-state index in [1.165, 1.54) is 5.56 Å². The van der Waals surface area contributed by atoms with Crippen LogP contribution in [0, 0.1) is 0 Å². The number of ether oxygens (including phenoxy) is 1. The number of para-hydroxylation sites is 1. The lowest BCUT2D eigenvalue weighted by Gasteiger charge is -2.22. The number of amides is 1. The van der Waals surface area contributed by atoms with Gasteiger partial charge in [-0.25, -0.2) is 0 Å². The largest absolute Gasteiger partial charge is 0.497 e. The van der Waals surface area contributed by atoms with Crippen LogP contribution in [-0.4, -0.2) is 31.0 Å². The molecule has 2 aromatic carbocycles. The molecule has 1 atom stereocenters. The van der Waals surface area contributed by atoms with Gasteiger partial charge in [0.15, 0.2) is 0 Å². The van der Waals surface area contributed by atoms with E-state index in [2.05, 4.69) is 28.4 Å². The standard InChI is InChI=1S/C19H20N2O2/c1-23-15-8-6-14(7-9-15)12-21-11-10-19(13-21)16-4-2-3-5-17(16)20-18(19)22/h2-9H,10-13H2,1H3,(H,20,22). The molecule has 2 aliphatic heterocycles. The average Bonchev–Trinajstić information content (AvgIpc) is 3.12. The van der Waals surface area contributed by atoms with E-state index in [4.69, 9.17) is 4.74 Å². The number of hydrogen-bond acceptors (Lipinski definition) is 3. The second kappa shape index (κ2) is 5.39. The van der Waals surface area contributed by atoms with Crippen LogP contribution >= 0.6 is 0 Å². The molecule has 23 heavy (non-hydrogen) atoms. The summed E-state index contributed by atoms with van der Waals surface area (Å²) in [7, 11) is 1.68. The minimum absolute atomic E-state index is 0.149. The SMILES string of the molecule is COc1ccc(CN2CCC3(C2)C(=O)Nc2ccccc23)cc1. The van der Waals surface area contributed by atoms with Gasteiger partial charge in [0.05, 0.1) is 12.5 Å². The van der Waals surface area contributed by atoms with Gasteiger partial charge in [0.1, 0.15) is 5.75 Å². The van der Waals surface area contributed by atoms with Gasteiger partial charge in [0.25, 0.3) is 0 Å². The number of likely N-dealkylation sites (tertiary alicyclic amines) is 1. The summed E-state index contributed by atoms with van der Waals surface area (Å²) in [6, 6.07) is 16.2. The normalized spacial score (nSPS) is 23.1. The first-order valence-electron chi connectivity index (χ1n) is 7.97. The van der Waals surface area contributed by atoms with Crippen LogP contribution in [0.25, 0.3) is 0 Å². The molecule has 0 radical (unpaired) electrons. The lowest BCUT2D eigenvalue weighted by molar-refractivity contribution is -0.120. The van der Waals surface area contributed by atoms with E-state index in [9.17, 15) is 4.79 Å². The summed E-state index contributed by atoms with van der Waals surface area (Å²) >= 11 is 0. The molecule has 1 unspecified atom stereocenters. The second-order valence-corrected chi connectivity index (χ2v) is 6.39. The van der Waals surface area contributed by atoms with E-state index in [0.29, 0.717) is 0 Å². The van der Waals surface area contributed by atoms with Gasteiger partial charge in [0.2, 0.25) is 5.91 Å².